The topological polar surface area (TPSA) is 139 Å². The minimum absolute atomic E-state index is 0.213. The highest BCUT2D eigenvalue weighted by molar-refractivity contribution is 7.93. The monoisotopic (exact) mass is 435 g/mol. The molecule has 0 bridgehead atoms. The van der Waals surface area contributed by atoms with E-state index in [4.69, 9.17) is 19.7 Å². The molecule has 2 unspecified atom stereocenters. The molecule has 0 aromatic heterocycles. The van der Waals surface area contributed by atoms with E-state index < -0.39 is 57.6 Å². The lowest BCUT2D eigenvalue weighted by atomic mass is 9.96. The lowest BCUT2D eigenvalue weighted by Gasteiger charge is -2.43. The summed E-state index contributed by atoms with van der Waals surface area (Å²) in [5, 5.41) is 20.2. The van der Waals surface area contributed by atoms with Gasteiger partial charge in [0, 0.05) is 18.2 Å². The number of rotatable bonds is 6. The lowest BCUT2D eigenvalue weighted by Crippen LogP contribution is -2.70. The van der Waals surface area contributed by atoms with Gasteiger partial charge in [-0.3, -0.25) is 4.79 Å². The average molecular weight is 435 g/mol. The summed E-state index contributed by atoms with van der Waals surface area (Å²) in [4.78, 5) is 24.8. The fourth-order valence-corrected chi connectivity index (χ4v) is 4.79. The molecule has 1 heterocycles. The van der Waals surface area contributed by atoms with Crippen LogP contribution in [0.1, 0.15) is 15.9 Å². The Balaban J connectivity index is 2.14. The molecule has 0 spiro atoms. The van der Waals surface area contributed by atoms with Crippen LogP contribution in [-0.2, 0) is 24.1 Å². The highest BCUT2D eigenvalue weighted by Gasteiger charge is 2.58. The maximum absolute atomic E-state index is 12.6. The van der Waals surface area contributed by atoms with Crippen LogP contribution in [0.25, 0.3) is 0 Å². The van der Waals surface area contributed by atoms with Crippen molar-refractivity contribution in [3.8, 4) is 23.7 Å². The number of amides is 1. The molecule has 10 heteroatoms. The van der Waals surface area contributed by atoms with E-state index in [1.54, 1.807) is 12.1 Å². The van der Waals surface area contributed by atoms with E-state index in [-0.39, 0.29) is 5.56 Å². The van der Waals surface area contributed by atoms with Gasteiger partial charge in [-0.15, -0.1) is 0 Å². The summed E-state index contributed by atoms with van der Waals surface area (Å²) in [6.45, 7) is -0.485. The minimum Gasteiger partial charge on any atom is -0.467 e. The Morgan fingerprint density at radius 3 is 2.33 bits per heavy atom. The SMILES string of the molecule is COC(=O)C(NC(=O)c1ccc(C#CC#CC(O)CO)cc1)C1(OC)CS(=O)(=O)C1. The number of hydrogen-bond acceptors (Lipinski definition) is 8. The summed E-state index contributed by atoms with van der Waals surface area (Å²) < 4.78 is 33.3. The van der Waals surface area contributed by atoms with Crippen molar-refractivity contribution in [1.29, 1.82) is 0 Å². The second kappa shape index (κ2) is 9.74. The van der Waals surface area contributed by atoms with Crippen molar-refractivity contribution in [1.82, 2.24) is 5.32 Å². The average Bonchev–Trinajstić information content (AvgIpc) is 2.72. The molecule has 0 saturated carbocycles. The van der Waals surface area contributed by atoms with Gasteiger partial charge in [0.05, 0.1) is 25.2 Å². The molecule has 1 aliphatic rings. The molecule has 160 valence electrons. The Bertz CT molecular complexity index is 1010. The first-order valence-corrected chi connectivity index (χ1v) is 10.5. The molecule has 30 heavy (non-hydrogen) atoms. The van der Waals surface area contributed by atoms with Gasteiger partial charge in [0.25, 0.3) is 5.91 Å². The second-order valence-corrected chi connectivity index (χ2v) is 8.59. The van der Waals surface area contributed by atoms with Gasteiger partial charge in [-0.05, 0) is 36.1 Å². The fourth-order valence-electron chi connectivity index (χ4n) is 2.82. The van der Waals surface area contributed by atoms with Gasteiger partial charge in [-0.1, -0.05) is 11.8 Å². The number of esters is 1. The predicted molar refractivity (Wildman–Crippen MR) is 106 cm³/mol. The summed E-state index contributed by atoms with van der Waals surface area (Å²) in [7, 11) is -0.949. The third-order valence-corrected chi connectivity index (χ3v) is 6.26. The van der Waals surface area contributed by atoms with E-state index in [1.807, 2.05) is 0 Å². The first-order chi connectivity index (χ1) is 14.2. The van der Waals surface area contributed by atoms with Gasteiger partial charge >= 0.3 is 5.97 Å². The van der Waals surface area contributed by atoms with E-state index in [2.05, 4.69) is 29.0 Å². The maximum Gasteiger partial charge on any atom is 0.331 e. The number of hydrogen-bond donors (Lipinski definition) is 3. The number of nitrogens with one attached hydrogen (secondary N) is 1. The zero-order valence-corrected chi connectivity index (χ0v) is 17.2. The molecule has 1 fully saturated rings. The molecular weight excluding hydrogens is 414 g/mol. The van der Waals surface area contributed by atoms with Crippen LogP contribution >= 0.6 is 0 Å². The van der Waals surface area contributed by atoms with E-state index in [0.717, 1.165) is 7.11 Å². The number of carbonyl (C=O) groups excluding carboxylic acids is 2. The van der Waals surface area contributed by atoms with Crippen LogP contribution in [0.4, 0.5) is 0 Å². The molecule has 1 aromatic rings. The molecule has 1 amide bonds. The second-order valence-electron chi connectivity index (χ2n) is 6.53. The third kappa shape index (κ3) is 5.59. The number of sulfone groups is 1. The molecule has 0 radical (unpaired) electrons. The smallest absolute Gasteiger partial charge is 0.331 e. The van der Waals surface area contributed by atoms with Crippen molar-refractivity contribution in [2.45, 2.75) is 17.7 Å². The molecular formula is C20H21NO8S. The van der Waals surface area contributed by atoms with E-state index >= 15 is 0 Å². The first kappa shape index (κ1) is 23.4. The fraction of sp³-hybridized carbons (Fsp3) is 0.400. The Morgan fingerprint density at radius 2 is 1.83 bits per heavy atom. The zero-order chi connectivity index (χ0) is 22.4. The first-order valence-electron chi connectivity index (χ1n) is 8.71. The Labute approximate surface area is 174 Å². The number of benzene rings is 1. The largest absolute Gasteiger partial charge is 0.467 e. The van der Waals surface area contributed by atoms with Gasteiger partial charge in [-0.25, -0.2) is 13.2 Å². The summed E-state index contributed by atoms with van der Waals surface area (Å²) in [5.41, 5.74) is -0.628. The van der Waals surface area contributed by atoms with Gasteiger partial charge in [0.2, 0.25) is 0 Å². The zero-order valence-electron chi connectivity index (χ0n) is 16.3. The van der Waals surface area contributed by atoms with Crippen LogP contribution in [-0.4, -0.2) is 80.6 Å². The maximum atomic E-state index is 12.6. The molecule has 2 rings (SSSR count). The molecule has 3 N–H and O–H groups in total. The summed E-state index contributed by atoms with van der Waals surface area (Å²) in [6.07, 6.45) is -1.16. The van der Waals surface area contributed by atoms with E-state index in [0.29, 0.717) is 5.56 Å². The Morgan fingerprint density at radius 1 is 1.20 bits per heavy atom. The van der Waals surface area contributed by atoms with Gasteiger partial charge in [0.1, 0.15) is 11.7 Å². The van der Waals surface area contributed by atoms with Crippen LogP contribution in [0.2, 0.25) is 0 Å². The number of carbonyl (C=O) groups is 2. The van der Waals surface area contributed by atoms with Gasteiger partial charge in [0.15, 0.2) is 15.9 Å². The molecule has 0 aliphatic carbocycles. The molecule has 1 saturated heterocycles. The van der Waals surface area contributed by atoms with E-state index in [9.17, 15) is 18.0 Å². The molecule has 2 atom stereocenters. The number of methoxy groups -OCH3 is 2. The van der Waals surface area contributed by atoms with Crippen molar-refractivity contribution in [3.05, 3.63) is 35.4 Å². The standard InChI is InChI=1S/C20H21NO8S/c1-28-19(25)17(20(29-2)12-30(26,27)13-20)21-18(24)15-9-7-14(8-10-15)5-3-4-6-16(23)11-22/h7-10,16-17,22-23H,11-13H2,1-2H3,(H,21,24). The Kier molecular flexibility index (Phi) is 7.59. The van der Waals surface area contributed by atoms with Gasteiger partial charge < -0.3 is 25.0 Å². The predicted octanol–water partition coefficient (Wildman–Crippen LogP) is -1.52. The number of aliphatic hydroxyl groups is 2. The molecule has 1 aromatic carbocycles. The highest BCUT2D eigenvalue weighted by Crippen LogP contribution is 2.31. The van der Waals surface area contributed by atoms with Crippen LogP contribution < -0.4 is 5.32 Å². The van der Waals surface area contributed by atoms with Crippen molar-refractivity contribution < 1.29 is 37.7 Å². The van der Waals surface area contributed by atoms with Crippen molar-refractivity contribution in [3.63, 3.8) is 0 Å². The van der Waals surface area contributed by atoms with Crippen LogP contribution in [0.15, 0.2) is 24.3 Å². The molecule has 9 nitrogen and oxygen atoms in total. The summed E-state index contributed by atoms with van der Waals surface area (Å²) >= 11 is 0. The lowest BCUT2D eigenvalue weighted by molar-refractivity contribution is -0.150. The highest BCUT2D eigenvalue weighted by atomic mass is 32.2. The Hall–Kier alpha value is -2.89. The normalized spacial score (nSPS) is 17.6. The van der Waals surface area contributed by atoms with Crippen LogP contribution in [0, 0.1) is 23.7 Å². The summed E-state index contributed by atoms with van der Waals surface area (Å²) in [6, 6.07) is 4.76. The quantitative estimate of drug-likeness (QED) is 0.362. The number of aliphatic hydroxyl groups excluding tert-OH is 2. The van der Waals surface area contributed by atoms with Crippen molar-refractivity contribution >= 4 is 21.7 Å². The van der Waals surface area contributed by atoms with Crippen molar-refractivity contribution in [2.24, 2.45) is 0 Å². The third-order valence-electron chi connectivity index (χ3n) is 4.40. The van der Waals surface area contributed by atoms with Crippen LogP contribution in [0.5, 0.6) is 0 Å². The van der Waals surface area contributed by atoms with Crippen molar-refractivity contribution in [2.75, 3.05) is 32.3 Å². The number of ether oxygens (including phenoxy) is 2. The van der Waals surface area contributed by atoms with Crippen LogP contribution in [0.3, 0.4) is 0 Å². The van der Waals surface area contributed by atoms with Gasteiger partial charge in [-0.2, -0.15) is 0 Å². The van der Waals surface area contributed by atoms with E-state index in [1.165, 1.54) is 19.2 Å². The minimum atomic E-state index is -3.35. The summed E-state index contributed by atoms with van der Waals surface area (Å²) in [5.74, 6) is 7.69. The molecule has 1 aliphatic heterocycles.